The molecule has 0 atom stereocenters. The van der Waals surface area contributed by atoms with Crippen LogP contribution in [0.1, 0.15) is 19.4 Å². The molecule has 1 aliphatic rings. The smallest absolute Gasteiger partial charge is 0.280 e. The summed E-state index contributed by atoms with van der Waals surface area (Å²) in [6.45, 7) is 3.46. The summed E-state index contributed by atoms with van der Waals surface area (Å²) >= 11 is 0. The van der Waals surface area contributed by atoms with E-state index in [1.54, 1.807) is 19.9 Å². The molecule has 0 saturated heterocycles. The number of fused-ring (bicyclic) bond motifs is 1. The topological polar surface area (TPSA) is 114 Å². The van der Waals surface area contributed by atoms with Gasteiger partial charge in [0.2, 0.25) is 6.79 Å². The van der Waals surface area contributed by atoms with Crippen LogP contribution >= 0.6 is 0 Å². The minimum absolute atomic E-state index is 0.0292. The van der Waals surface area contributed by atoms with Crippen LogP contribution in [0.15, 0.2) is 17.7 Å². The molecular formula is C14H13N3O5. The van der Waals surface area contributed by atoms with E-state index in [9.17, 15) is 14.9 Å². The van der Waals surface area contributed by atoms with E-state index in [1.165, 1.54) is 12.1 Å². The summed E-state index contributed by atoms with van der Waals surface area (Å²) in [4.78, 5) is 22.4. The maximum atomic E-state index is 11.9. The molecule has 0 fully saturated rings. The number of nitrogens with zero attached hydrogens (tertiary/aromatic N) is 2. The number of ether oxygens (including phenoxy) is 2. The zero-order valence-corrected chi connectivity index (χ0v) is 12.0. The van der Waals surface area contributed by atoms with Gasteiger partial charge in [-0.15, -0.1) is 0 Å². The van der Waals surface area contributed by atoms with Crippen LogP contribution in [0.3, 0.4) is 0 Å². The average Bonchev–Trinajstić information content (AvgIpc) is 2.89. The molecular weight excluding hydrogens is 290 g/mol. The van der Waals surface area contributed by atoms with Crippen LogP contribution in [0.25, 0.3) is 6.08 Å². The first-order chi connectivity index (χ1) is 10.4. The molecule has 1 aromatic rings. The van der Waals surface area contributed by atoms with E-state index in [0.717, 1.165) is 6.08 Å². The molecule has 0 spiro atoms. The summed E-state index contributed by atoms with van der Waals surface area (Å²) in [6.07, 6.45) is 1.16. The third-order valence-electron chi connectivity index (χ3n) is 2.80. The Morgan fingerprint density at radius 3 is 2.64 bits per heavy atom. The van der Waals surface area contributed by atoms with E-state index < -0.39 is 10.8 Å². The van der Waals surface area contributed by atoms with Crippen molar-refractivity contribution in [3.8, 4) is 17.6 Å². The number of benzene rings is 1. The van der Waals surface area contributed by atoms with Crippen molar-refractivity contribution < 1.29 is 19.2 Å². The number of nitro groups is 1. The molecule has 0 radical (unpaired) electrons. The van der Waals surface area contributed by atoms with Crippen molar-refractivity contribution in [2.24, 2.45) is 0 Å². The van der Waals surface area contributed by atoms with Gasteiger partial charge in [-0.05, 0) is 26.0 Å². The zero-order valence-electron chi connectivity index (χ0n) is 12.0. The van der Waals surface area contributed by atoms with Crippen molar-refractivity contribution in [3.05, 3.63) is 33.4 Å². The molecule has 1 aliphatic heterocycles. The van der Waals surface area contributed by atoms with Crippen LogP contribution in [0.5, 0.6) is 11.5 Å². The summed E-state index contributed by atoms with van der Waals surface area (Å²) in [6, 6.07) is 4.17. The van der Waals surface area contributed by atoms with Gasteiger partial charge in [0.25, 0.3) is 11.6 Å². The summed E-state index contributed by atoms with van der Waals surface area (Å²) in [7, 11) is 0. The highest BCUT2D eigenvalue weighted by molar-refractivity contribution is 6.02. The second-order valence-electron chi connectivity index (χ2n) is 4.82. The summed E-state index contributed by atoms with van der Waals surface area (Å²) in [5, 5.41) is 22.8. The fourth-order valence-corrected chi connectivity index (χ4v) is 1.86. The number of nitro benzene ring substituents is 1. The van der Waals surface area contributed by atoms with Gasteiger partial charge in [0.15, 0.2) is 11.5 Å². The fraction of sp³-hybridized carbons (Fsp3) is 0.286. The summed E-state index contributed by atoms with van der Waals surface area (Å²) < 4.78 is 10.2. The first kappa shape index (κ1) is 15.3. The lowest BCUT2D eigenvalue weighted by atomic mass is 10.1. The molecule has 8 heteroatoms. The quantitative estimate of drug-likeness (QED) is 0.392. The zero-order chi connectivity index (χ0) is 16.3. The van der Waals surface area contributed by atoms with Crippen molar-refractivity contribution in [2.75, 3.05) is 6.79 Å². The van der Waals surface area contributed by atoms with Crippen LogP contribution in [-0.4, -0.2) is 23.7 Å². The highest BCUT2D eigenvalue weighted by atomic mass is 16.7. The van der Waals surface area contributed by atoms with Crippen LogP contribution in [-0.2, 0) is 4.79 Å². The highest BCUT2D eigenvalue weighted by Gasteiger charge is 2.23. The summed E-state index contributed by atoms with van der Waals surface area (Å²) in [5.41, 5.74) is -0.394. The Bertz CT molecular complexity index is 703. The van der Waals surface area contributed by atoms with Gasteiger partial charge in [-0.1, -0.05) is 0 Å². The number of nitriles is 1. The van der Waals surface area contributed by atoms with E-state index in [-0.39, 0.29) is 35.4 Å². The highest BCUT2D eigenvalue weighted by Crippen LogP contribution is 2.38. The van der Waals surface area contributed by atoms with E-state index in [0.29, 0.717) is 5.75 Å². The lowest BCUT2D eigenvalue weighted by molar-refractivity contribution is -0.385. The number of hydrogen-bond acceptors (Lipinski definition) is 6. The Morgan fingerprint density at radius 1 is 1.45 bits per heavy atom. The third kappa shape index (κ3) is 3.15. The third-order valence-corrected chi connectivity index (χ3v) is 2.80. The van der Waals surface area contributed by atoms with Crippen molar-refractivity contribution in [3.63, 3.8) is 0 Å². The number of carbonyl (C=O) groups excluding carboxylic acids is 1. The minimum atomic E-state index is -0.608. The van der Waals surface area contributed by atoms with Gasteiger partial charge in [-0.25, -0.2) is 0 Å². The Kier molecular flexibility index (Phi) is 4.27. The van der Waals surface area contributed by atoms with Crippen LogP contribution < -0.4 is 14.8 Å². The van der Waals surface area contributed by atoms with Crippen LogP contribution in [0.4, 0.5) is 5.69 Å². The predicted molar refractivity (Wildman–Crippen MR) is 76.1 cm³/mol. The minimum Gasteiger partial charge on any atom is -0.454 e. The first-order valence-corrected chi connectivity index (χ1v) is 6.43. The SMILES string of the molecule is CC(C)NC(=O)C(C#N)=Cc1cc2c(cc1[N+](=O)[O-])OCO2. The van der Waals surface area contributed by atoms with E-state index in [4.69, 9.17) is 14.7 Å². The lowest BCUT2D eigenvalue weighted by Gasteiger charge is -2.07. The number of hydrogen-bond donors (Lipinski definition) is 1. The standard InChI is InChI=1S/C14H13N3O5/c1-8(2)16-14(18)10(6-15)3-9-4-12-13(22-7-21-12)5-11(9)17(19)20/h3-5,8H,7H2,1-2H3,(H,16,18). The average molecular weight is 303 g/mol. The Hall–Kier alpha value is -3.08. The Labute approximate surface area is 126 Å². The number of nitrogens with one attached hydrogen (secondary N) is 1. The maximum absolute atomic E-state index is 11.9. The number of amides is 1. The van der Waals surface area contributed by atoms with E-state index >= 15 is 0 Å². The van der Waals surface area contributed by atoms with Crippen molar-refractivity contribution in [1.82, 2.24) is 5.32 Å². The van der Waals surface area contributed by atoms with Crippen LogP contribution in [0, 0.1) is 21.4 Å². The molecule has 0 aliphatic carbocycles. The maximum Gasteiger partial charge on any atom is 0.280 e. The molecule has 8 nitrogen and oxygen atoms in total. The molecule has 2 rings (SSSR count). The van der Waals surface area contributed by atoms with Crippen LogP contribution in [0.2, 0.25) is 0 Å². The van der Waals surface area contributed by atoms with Crippen molar-refractivity contribution in [2.45, 2.75) is 19.9 Å². The van der Waals surface area contributed by atoms with Crippen molar-refractivity contribution >= 4 is 17.7 Å². The first-order valence-electron chi connectivity index (χ1n) is 6.43. The number of rotatable bonds is 4. The van der Waals surface area contributed by atoms with Gasteiger partial charge in [0, 0.05) is 6.04 Å². The normalized spacial score (nSPS) is 12.9. The molecule has 0 bridgehead atoms. The second kappa shape index (κ2) is 6.13. The van der Waals surface area contributed by atoms with Gasteiger partial charge in [0.1, 0.15) is 11.6 Å². The molecule has 1 amide bonds. The van der Waals surface area contributed by atoms with Gasteiger partial charge in [-0.3, -0.25) is 14.9 Å². The van der Waals surface area contributed by atoms with Gasteiger partial charge < -0.3 is 14.8 Å². The lowest BCUT2D eigenvalue weighted by Crippen LogP contribution is -2.30. The van der Waals surface area contributed by atoms with E-state index in [2.05, 4.69) is 5.32 Å². The summed E-state index contributed by atoms with van der Waals surface area (Å²) in [5.74, 6) is -0.00291. The molecule has 1 heterocycles. The largest absolute Gasteiger partial charge is 0.454 e. The monoisotopic (exact) mass is 303 g/mol. The Balaban J connectivity index is 2.46. The second-order valence-corrected chi connectivity index (χ2v) is 4.82. The fourth-order valence-electron chi connectivity index (χ4n) is 1.86. The molecule has 22 heavy (non-hydrogen) atoms. The molecule has 0 aromatic heterocycles. The van der Waals surface area contributed by atoms with E-state index in [1.807, 2.05) is 0 Å². The van der Waals surface area contributed by atoms with Gasteiger partial charge in [0.05, 0.1) is 16.6 Å². The van der Waals surface area contributed by atoms with Gasteiger partial charge in [-0.2, -0.15) is 5.26 Å². The predicted octanol–water partition coefficient (Wildman–Crippen LogP) is 1.76. The molecule has 1 aromatic carbocycles. The molecule has 114 valence electrons. The Morgan fingerprint density at radius 2 is 2.09 bits per heavy atom. The van der Waals surface area contributed by atoms with Gasteiger partial charge >= 0.3 is 0 Å². The number of carbonyl (C=O) groups is 1. The van der Waals surface area contributed by atoms with Crippen molar-refractivity contribution in [1.29, 1.82) is 5.26 Å². The molecule has 0 saturated carbocycles. The molecule has 0 unspecified atom stereocenters. The molecule has 1 N–H and O–H groups in total.